The number of nitrogens with zero attached hydrogens (tertiary/aromatic N) is 2. The molecular formula is C18H19FN4S. The van der Waals surface area contributed by atoms with Gasteiger partial charge in [-0.1, -0.05) is 23.9 Å². The van der Waals surface area contributed by atoms with Crippen LogP contribution < -0.4 is 10.9 Å². The normalized spacial score (nSPS) is 19.0. The van der Waals surface area contributed by atoms with E-state index in [-0.39, 0.29) is 5.82 Å². The van der Waals surface area contributed by atoms with Gasteiger partial charge < -0.3 is 4.57 Å². The van der Waals surface area contributed by atoms with Gasteiger partial charge in [0, 0.05) is 22.4 Å². The first-order valence-electron chi connectivity index (χ1n) is 8.04. The van der Waals surface area contributed by atoms with Gasteiger partial charge in [-0.2, -0.15) is 0 Å². The molecule has 1 aliphatic heterocycles. The summed E-state index contributed by atoms with van der Waals surface area (Å²) in [5.74, 6) is -0.220. The summed E-state index contributed by atoms with van der Waals surface area (Å²) in [5, 5.41) is 2.97. The number of nitrogens with one attached hydrogen (secondary N) is 2. The van der Waals surface area contributed by atoms with Gasteiger partial charge in [0.1, 0.15) is 5.82 Å². The first kappa shape index (κ1) is 15.3. The van der Waals surface area contributed by atoms with Crippen molar-refractivity contribution in [3.63, 3.8) is 0 Å². The van der Waals surface area contributed by atoms with Crippen LogP contribution in [0.15, 0.2) is 40.7 Å². The van der Waals surface area contributed by atoms with Crippen molar-refractivity contribution in [1.29, 1.82) is 0 Å². The Kier molecular flexibility index (Phi) is 3.84. The SMILES string of the molecule is Cc1cc(C2=CSC(=NC3CC3)NN2)c(C)n1-c1ccccc1F. The highest BCUT2D eigenvalue weighted by Crippen LogP contribution is 2.30. The zero-order valence-corrected chi connectivity index (χ0v) is 14.5. The van der Waals surface area contributed by atoms with E-state index in [1.807, 2.05) is 24.5 Å². The van der Waals surface area contributed by atoms with Crippen LogP contribution in [0.25, 0.3) is 11.4 Å². The molecule has 1 fully saturated rings. The first-order valence-corrected chi connectivity index (χ1v) is 8.92. The second-order valence-corrected chi connectivity index (χ2v) is 6.99. The molecule has 2 N–H and O–H groups in total. The van der Waals surface area contributed by atoms with Crippen LogP contribution in [0.3, 0.4) is 0 Å². The van der Waals surface area contributed by atoms with E-state index < -0.39 is 0 Å². The molecule has 0 atom stereocenters. The van der Waals surface area contributed by atoms with Crippen molar-refractivity contribution >= 4 is 22.6 Å². The topological polar surface area (TPSA) is 41.4 Å². The molecule has 24 heavy (non-hydrogen) atoms. The number of aryl methyl sites for hydroxylation is 1. The molecule has 0 radical (unpaired) electrons. The molecule has 1 saturated carbocycles. The second kappa shape index (κ2) is 6.02. The quantitative estimate of drug-likeness (QED) is 0.889. The average Bonchev–Trinajstić information content (AvgIpc) is 3.34. The standard InChI is InChI=1S/C18H19FN4S/c1-11-9-14(12(2)23(11)17-6-4-3-5-15(17)19)16-10-24-18(22-21-16)20-13-7-8-13/h3-6,9-10,13,21H,7-8H2,1-2H3,(H,20,22). The van der Waals surface area contributed by atoms with E-state index in [1.54, 1.807) is 23.9 Å². The third-order valence-electron chi connectivity index (χ3n) is 4.25. The van der Waals surface area contributed by atoms with Crippen molar-refractivity contribution in [2.24, 2.45) is 4.99 Å². The molecule has 0 unspecified atom stereocenters. The molecule has 4 rings (SSSR count). The highest BCUT2D eigenvalue weighted by atomic mass is 32.2. The van der Waals surface area contributed by atoms with Gasteiger partial charge in [0.25, 0.3) is 0 Å². The Bertz CT molecular complexity index is 849. The van der Waals surface area contributed by atoms with Gasteiger partial charge in [0.15, 0.2) is 5.17 Å². The summed E-state index contributed by atoms with van der Waals surface area (Å²) in [4.78, 5) is 4.59. The molecule has 1 aromatic carbocycles. The van der Waals surface area contributed by atoms with Gasteiger partial charge in [-0.05, 0) is 44.9 Å². The van der Waals surface area contributed by atoms with E-state index in [1.165, 1.54) is 18.9 Å². The molecule has 2 heterocycles. The number of hydrogen-bond donors (Lipinski definition) is 2. The Morgan fingerprint density at radius 1 is 1.21 bits per heavy atom. The molecule has 2 aromatic rings. The van der Waals surface area contributed by atoms with E-state index in [0.717, 1.165) is 27.8 Å². The largest absolute Gasteiger partial charge is 0.315 e. The molecule has 124 valence electrons. The van der Waals surface area contributed by atoms with Crippen LogP contribution in [0.1, 0.15) is 29.8 Å². The summed E-state index contributed by atoms with van der Waals surface area (Å²) >= 11 is 1.59. The van der Waals surface area contributed by atoms with E-state index >= 15 is 0 Å². The van der Waals surface area contributed by atoms with Crippen LogP contribution >= 0.6 is 11.8 Å². The first-order chi connectivity index (χ1) is 11.6. The van der Waals surface area contributed by atoms with Crippen LogP contribution in [0.2, 0.25) is 0 Å². The molecule has 1 aliphatic carbocycles. The maximum absolute atomic E-state index is 14.2. The van der Waals surface area contributed by atoms with Gasteiger partial charge in [-0.15, -0.1) is 0 Å². The van der Waals surface area contributed by atoms with Gasteiger partial charge in [0.2, 0.25) is 0 Å². The zero-order chi connectivity index (χ0) is 16.7. The fourth-order valence-corrected chi connectivity index (χ4v) is 3.63. The molecule has 0 spiro atoms. The molecule has 4 nitrogen and oxygen atoms in total. The number of halogens is 1. The molecule has 0 amide bonds. The maximum Gasteiger partial charge on any atom is 0.180 e. The van der Waals surface area contributed by atoms with Crippen LogP contribution in [0.5, 0.6) is 0 Å². The lowest BCUT2D eigenvalue weighted by molar-refractivity contribution is 0.615. The number of aliphatic imine (C=N–C) groups is 1. The van der Waals surface area contributed by atoms with E-state index in [9.17, 15) is 4.39 Å². The summed E-state index contributed by atoms with van der Waals surface area (Å²) < 4.78 is 16.1. The minimum absolute atomic E-state index is 0.220. The molecule has 1 aromatic heterocycles. The van der Waals surface area contributed by atoms with Crippen molar-refractivity contribution in [2.45, 2.75) is 32.7 Å². The van der Waals surface area contributed by atoms with Gasteiger partial charge in [-0.3, -0.25) is 15.8 Å². The Morgan fingerprint density at radius 2 is 2.00 bits per heavy atom. The Labute approximate surface area is 144 Å². The average molecular weight is 342 g/mol. The van der Waals surface area contributed by atoms with Crippen molar-refractivity contribution in [3.05, 3.63) is 58.5 Å². The van der Waals surface area contributed by atoms with E-state index in [0.29, 0.717) is 11.7 Å². The summed E-state index contributed by atoms with van der Waals surface area (Å²) in [6, 6.07) is 9.42. The lowest BCUT2D eigenvalue weighted by Gasteiger charge is -2.19. The van der Waals surface area contributed by atoms with Crippen molar-refractivity contribution in [1.82, 2.24) is 15.4 Å². The third-order valence-corrected chi connectivity index (χ3v) is 5.04. The van der Waals surface area contributed by atoms with Crippen molar-refractivity contribution in [3.8, 4) is 5.69 Å². The lowest BCUT2D eigenvalue weighted by atomic mass is 10.2. The number of amidine groups is 1. The molecule has 2 aliphatic rings. The van der Waals surface area contributed by atoms with Gasteiger partial charge in [0.05, 0.1) is 17.4 Å². The Hall–Kier alpha value is -2.21. The predicted molar refractivity (Wildman–Crippen MR) is 97.5 cm³/mol. The molecular weight excluding hydrogens is 323 g/mol. The third kappa shape index (κ3) is 2.82. The Balaban J connectivity index is 1.67. The van der Waals surface area contributed by atoms with Crippen molar-refractivity contribution < 1.29 is 4.39 Å². The van der Waals surface area contributed by atoms with Crippen LogP contribution in [-0.4, -0.2) is 15.8 Å². The molecule has 0 bridgehead atoms. The van der Waals surface area contributed by atoms with Gasteiger partial charge >= 0.3 is 0 Å². The highest BCUT2D eigenvalue weighted by molar-refractivity contribution is 8.16. The predicted octanol–water partition coefficient (Wildman–Crippen LogP) is 3.89. The molecule has 6 heteroatoms. The number of hydrazine groups is 1. The zero-order valence-electron chi connectivity index (χ0n) is 13.6. The number of thioether (sulfide) groups is 1. The van der Waals surface area contributed by atoms with Crippen LogP contribution in [0.4, 0.5) is 4.39 Å². The minimum atomic E-state index is -0.220. The smallest absolute Gasteiger partial charge is 0.180 e. The minimum Gasteiger partial charge on any atom is -0.315 e. The number of aromatic nitrogens is 1. The summed E-state index contributed by atoms with van der Waals surface area (Å²) in [6.45, 7) is 4.00. The Morgan fingerprint density at radius 3 is 2.67 bits per heavy atom. The van der Waals surface area contributed by atoms with E-state index in [4.69, 9.17) is 0 Å². The van der Waals surface area contributed by atoms with Gasteiger partial charge in [-0.25, -0.2) is 4.39 Å². The highest BCUT2D eigenvalue weighted by Gasteiger charge is 2.23. The summed E-state index contributed by atoms with van der Waals surface area (Å²) in [6.07, 6.45) is 2.37. The number of rotatable bonds is 3. The maximum atomic E-state index is 14.2. The monoisotopic (exact) mass is 342 g/mol. The second-order valence-electron chi connectivity index (χ2n) is 6.14. The summed E-state index contributed by atoms with van der Waals surface area (Å²) in [5.41, 5.74) is 11.0. The van der Waals surface area contributed by atoms with E-state index in [2.05, 4.69) is 27.3 Å². The van der Waals surface area contributed by atoms with Crippen LogP contribution in [-0.2, 0) is 0 Å². The number of hydrogen-bond acceptors (Lipinski definition) is 3. The van der Waals surface area contributed by atoms with Crippen LogP contribution in [0, 0.1) is 19.7 Å². The number of para-hydroxylation sites is 1. The van der Waals surface area contributed by atoms with Crippen molar-refractivity contribution in [2.75, 3.05) is 0 Å². The summed E-state index contributed by atoms with van der Waals surface area (Å²) in [7, 11) is 0. The fourth-order valence-electron chi connectivity index (χ4n) is 2.90. The fraction of sp³-hybridized carbons (Fsp3) is 0.278. The number of benzene rings is 1. The molecule has 0 saturated heterocycles. The lowest BCUT2D eigenvalue weighted by Crippen LogP contribution is -2.37.